The minimum Gasteiger partial charge on any atom is -0.505 e. The lowest BCUT2D eigenvalue weighted by atomic mass is 9.92. The summed E-state index contributed by atoms with van der Waals surface area (Å²) in [7, 11) is 0. The molecule has 1 aromatic carbocycles. The third-order valence-corrected chi connectivity index (χ3v) is 2.47. The molecule has 1 aromatic rings. The van der Waals surface area contributed by atoms with E-state index < -0.39 is 17.4 Å². The number of halogens is 2. The minimum atomic E-state index is -1.15. The fourth-order valence-electron chi connectivity index (χ4n) is 1.83. The molecule has 78 valence electrons. The van der Waals surface area contributed by atoms with Gasteiger partial charge in [0.15, 0.2) is 11.6 Å². The Morgan fingerprint density at radius 2 is 1.50 bits per heavy atom. The van der Waals surface area contributed by atoms with Crippen molar-refractivity contribution in [3.8, 4) is 5.75 Å². The number of phenols is 1. The summed E-state index contributed by atoms with van der Waals surface area (Å²) in [5.41, 5.74) is 1.39. The summed E-state index contributed by atoms with van der Waals surface area (Å²) < 4.78 is 26.3. The van der Waals surface area contributed by atoms with Gasteiger partial charge in [-0.1, -0.05) is 13.8 Å². The summed E-state index contributed by atoms with van der Waals surface area (Å²) >= 11 is 0. The highest BCUT2D eigenvalue weighted by molar-refractivity contribution is 5.46. The zero-order valence-electron chi connectivity index (χ0n) is 8.78. The monoisotopic (exact) mass is 200 g/mol. The molecule has 0 fully saturated rings. The van der Waals surface area contributed by atoms with Crippen LogP contribution in [0.1, 0.15) is 36.5 Å². The highest BCUT2D eigenvalue weighted by Crippen LogP contribution is 2.34. The first-order valence-electron chi connectivity index (χ1n) is 4.54. The van der Waals surface area contributed by atoms with Crippen LogP contribution in [0.3, 0.4) is 0 Å². The first-order valence-corrected chi connectivity index (χ1v) is 4.54. The number of benzene rings is 1. The third kappa shape index (κ3) is 1.47. The molecule has 14 heavy (non-hydrogen) atoms. The van der Waals surface area contributed by atoms with Crippen molar-refractivity contribution in [2.45, 2.75) is 33.6 Å². The van der Waals surface area contributed by atoms with Gasteiger partial charge >= 0.3 is 0 Å². The van der Waals surface area contributed by atoms with Gasteiger partial charge < -0.3 is 5.11 Å². The first kappa shape index (κ1) is 11.0. The topological polar surface area (TPSA) is 20.2 Å². The molecule has 1 nitrogen and oxygen atoms in total. The largest absolute Gasteiger partial charge is 0.505 e. The summed E-state index contributed by atoms with van der Waals surface area (Å²) in [6, 6.07) is 0. The fraction of sp³-hybridized carbons (Fsp3) is 0.455. The lowest BCUT2D eigenvalue weighted by molar-refractivity contribution is 0.399. The normalized spacial score (nSPS) is 11.1. The van der Waals surface area contributed by atoms with E-state index in [0.717, 1.165) is 0 Å². The van der Waals surface area contributed by atoms with E-state index in [0.29, 0.717) is 11.1 Å². The summed E-state index contributed by atoms with van der Waals surface area (Å²) in [6.45, 7) is 6.89. The average Bonchev–Trinajstić information content (AvgIpc) is 2.11. The second-order valence-corrected chi connectivity index (χ2v) is 3.79. The maximum absolute atomic E-state index is 13.3. The van der Waals surface area contributed by atoms with Crippen LogP contribution in [0.5, 0.6) is 5.75 Å². The second-order valence-electron chi connectivity index (χ2n) is 3.79. The van der Waals surface area contributed by atoms with Crippen LogP contribution in [0.2, 0.25) is 0 Å². The minimum absolute atomic E-state index is 0.0657. The van der Waals surface area contributed by atoms with Crippen molar-refractivity contribution < 1.29 is 13.9 Å². The Bertz CT molecular complexity index is 341. The maximum atomic E-state index is 13.3. The molecule has 3 heteroatoms. The zero-order valence-corrected chi connectivity index (χ0v) is 8.78. The predicted octanol–water partition coefficient (Wildman–Crippen LogP) is 3.41. The zero-order chi connectivity index (χ0) is 11.0. The molecule has 0 saturated heterocycles. The molecule has 0 heterocycles. The molecule has 0 amide bonds. The van der Waals surface area contributed by atoms with Crippen molar-refractivity contribution in [2.75, 3.05) is 0 Å². The van der Waals surface area contributed by atoms with Crippen LogP contribution in [0.4, 0.5) is 8.78 Å². The van der Waals surface area contributed by atoms with Crippen LogP contribution in [0.15, 0.2) is 0 Å². The second kappa shape index (κ2) is 3.56. The van der Waals surface area contributed by atoms with E-state index in [1.165, 1.54) is 6.92 Å². The van der Waals surface area contributed by atoms with E-state index in [4.69, 9.17) is 0 Å². The van der Waals surface area contributed by atoms with Crippen molar-refractivity contribution in [3.05, 3.63) is 28.3 Å². The molecule has 0 aliphatic carbocycles. The van der Waals surface area contributed by atoms with Crippen LogP contribution < -0.4 is 0 Å². The van der Waals surface area contributed by atoms with Crippen LogP contribution in [0, 0.1) is 25.5 Å². The van der Waals surface area contributed by atoms with E-state index in [1.54, 1.807) is 6.92 Å². The molecule has 0 saturated carbocycles. The van der Waals surface area contributed by atoms with Gasteiger partial charge in [-0.3, -0.25) is 0 Å². The molecule has 0 aliphatic rings. The van der Waals surface area contributed by atoms with Crippen molar-refractivity contribution in [3.63, 3.8) is 0 Å². The summed E-state index contributed by atoms with van der Waals surface area (Å²) in [5.74, 6) is -2.60. The fourth-order valence-corrected chi connectivity index (χ4v) is 1.83. The molecule has 0 aromatic heterocycles. The van der Waals surface area contributed by atoms with Crippen LogP contribution in [-0.2, 0) is 0 Å². The molecular formula is C11H14F2O. The Morgan fingerprint density at radius 1 is 1.00 bits per heavy atom. The van der Waals surface area contributed by atoms with Crippen molar-refractivity contribution in [1.82, 2.24) is 0 Å². The van der Waals surface area contributed by atoms with Gasteiger partial charge in [0.1, 0.15) is 0 Å². The van der Waals surface area contributed by atoms with Crippen molar-refractivity contribution in [2.24, 2.45) is 0 Å². The van der Waals surface area contributed by atoms with Gasteiger partial charge in [-0.2, -0.15) is 4.39 Å². The predicted molar refractivity (Wildman–Crippen MR) is 51.6 cm³/mol. The lowest BCUT2D eigenvalue weighted by Gasteiger charge is -2.16. The molecule has 0 unspecified atom stereocenters. The molecule has 0 aliphatic heterocycles. The molecule has 1 rings (SSSR count). The van der Waals surface area contributed by atoms with E-state index in [2.05, 4.69) is 0 Å². The van der Waals surface area contributed by atoms with E-state index >= 15 is 0 Å². The van der Waals surface area contributed by atoms with Gasteiger partial charge in [-0.25, -0.2) is 4.39 Å². The van der Waals surface area contributed by atoms with Gasteiger partial charge in [0.25, 0.3) is 0 Å². The Hall–Kier alpha value is -1.12. The number of rotatable bonds is 1. The Labute approximate surface area is 82.4 Å². The molecular weight excluding hydrogens is 186 g/mol. The van der Waals surface area contributed by atoms with E-state index in [-0.39, 0.29) is 11.5 Å². The standard InChI is InChI=1S/C11H14F2O/c1-5(2)8-6(3)9(12)10(13)11(14)7(8)4/h5,14H,1-4H3. The molecule has 1 N–H and O–H groups in total. The van der Waals surface area contributed by atoms with Crippen molar-refractivity contribution in [1.29, 1.82) is 0 Å². The highest BCUT2D eigenvalue weighted by Gasteiger charge is 2.20. The van der Waals surface area contributed by atoms with Gasteiger partial charge in [0.05, 0.1) is 0 Å². The summed E-state index contributed by atoms with van der Waals surface area (Å²) in [4.78, 5) is 0. The van der Waals surface area contributed by atoms with E-state index in [1.807, 2.05) is 13.8 Å². The number of aromatic hydroxyl groups is 1. The number of phenolic OH excluding ortho intramolecular Hbond substituents is 1. The van der Waals surface area contributed by atoms with Crippen LogP contribution in [-0.4, -0.2) is 5.11 Å². The van der Waals surface area contributed by atoms with Gasteiger partial charge in [0.2, 0.25) is 5.82 Å². The SMILES string of the molecule is Cc1c(O)c(F)c(F)c(C)c1C(C)C. The molecule has 0 bridgehead atoms. The van der Waals surface area contributed by atoms with Crippen LogP contribution in [0.25, 0.3) is 0 Å². The molecule has 0 atom stereocenters. The van der Waals surface area contributed by atoms with Gasteiger partial charge in [-0.05, 0) is 36.5 Å². The smallest absolute Gasteiger partial charge is 0.200 e. The van der Waals surface area contributed by atoms with Crippen molar-refractivity contribution >= 4 is 0 Å². The Morgan fingerprint density at radius 3 is 1.93 bits per heavy atom. The summed E-state index contributed by atoms with van der Waals surface area (Å²) in [6.07, 6.45) is 0. The molecule has 0 spiro atoms. The molecule has 0 radical (unpaired) electrons. The maximum Gasteiger partial charge on any atom is 0.200 e. The number of hydrogen-bond donors (Lipinski definition) is 1. The van der Waals surface area contributed by atoms with Gasteiger partial charge in [0, 0.05) is 0 Å². The first-order chi connectivity index (χ1) is 6.37. The van der Waals surface area contributed by atoms with E-state index in [9.17, 15) is 13.9 Å². The average molecular weight is 200 g/mol. The van der Waals surface area contributed by atoms with Gasteiger partial charge in [-0.15, -0.1) is 0 Å². The lowest BCUT2D eigenvalue weighted by Crippen LogP contribution is -2.02. The quantitative estimate of drug-likeness (QED) is 0.736. The van der Waals surface area contributed by atoms with Crippen LogP contribution >= 0.6 is 0 Å². The number of hydrogen-bond acceptors (Lipinski definition) is 1. The summed E-state index contributed by atoms with van der Waals surface area (Å²) in [5, 5.41) is 9.33. The highest BCUT2D eigenvalue weighted by atomic mass is 19.2. The third-order valence-electron chi connectivity index (χ3n) is 2.47. The Balaban J connectivity index is 3.60. The Kier molecular flexibility index (Phi) is 2.79.